The summed E-state index contributed by atoms with van der Waals surface area (Å²) in [6.45, 7) is 10.7. The van der Waals surface area contributed by atoms with E-state index in [9.17, 15) is 13.2 Å². The molecule has 8 heteroatoms. The molecule has 1 aromatic carbocycles. The number of piperidine rings is 1. The molecule has 0 aromatic heterocycles. The maximum atomic E-state index is 13.0. The molecule has 2 N–H and O–H groups in total. The van der Waals surface area contributed by atoms with Crippen molar-refractivity contribution >= 4 is 27.4 Å². The summed E-state index contributed by atoms with van der Waals surface area (Å²) in [5, 5.41) is 8.92. The number of allylic oxidation sites excluding steroid dienone is 3. The normalized spacial score (nSPS) is 23.3. The van der Waals surface area contributed by atoms with Crippen LogP contribution in [0, 0.1) is 5.41 Å². The molecule has 2 heterocycles. The van der Waals surface area contributed by atoms with Gasteiger partial charge in [0.05, 0.1) is 21.9 Å². The number of carbonyl (C=O) groups is 1. The Balaban J connectivity index is 0.000000416. The molecule has 0 unspecified atom stereocenters. The van der Waals surface area contributed by atoms with Gasteiger partial charge in [0.2, 0.25) is 0 Å². The molecule has 3 aliphatic rings. The van der Waals surface area contributed by atoms with Crippen LogP contribution in [0.5, 0.6) is 0 Å². The molecule has 4 rings (SSSR count). The fraction of sp³-hybridized carbons (Fsp3) is 0.500. The van der Waals surface area contributed by atoms with E-state index in [1.807, 2.05) is 0 Å². The van der Waals surface area contributed by atoms with Crippen molar-refractivity contribution in [1.29, 1.82) is 0 Å². The lowest BCUT2D eigenvalue weighted by molar-refractivity contribution is -0.114. The number of hydrazone groups is 1. The zero-order chi connectivity index (χ0) is 23.5. The molecule has 0 radical (unpaired) electrons. The summed E-state index contributed by atoms with van der Waals surface area (Å²) in [7, 11) is -4.27. The molecule has 0 spiro atoms. The highest BCUT2D eigenvalue weighted by atomic mass is 32.2. The van der Waals surface area contributed by atoms with Gasteiger partial charge in [-0.3, -0.25) is 9.35 Å². The van der Waals surface area contributed by atoms with Crippen LogP contribution in [-0.4, -0.2) is 37.7 Å². The van der Waals surface area contributed by atoms with Gasteiger partial charge in [-0.1, -0.05) is 31.9 Å². The fourth-order valence-electron chi connectivity index (χ4n) is 4.50. The quantitative estimate of drug-likeness (QED) is 0.502. The Labute approximate surface area is 191 Å². The van der Waals surface area contributed by atoms with Crippen LogP contribution in [0.25, 0.3) is 0 Å². The lowest BCUT2D eigenvalue weighted by atomic mass is 9.74. The van der Waals surface area contributed by atoms with Crippen LogP contribution in [-0.2, 0) is 14.9 Å². The van der Waals surface area contributed by atoms with Gasteiger partial charge in [0.1, 0.15) is 0 Å². The Morgan fingerprint density at radius 1 is 1.03 bits per heavy atom. The van der Waals surface area contributed by atoms with Crippen molar-refractivity contribution in [3.63, 3.8) is 0 Å². The molecule has 7 nitrogen and oxygen atoms in total. The monoisotopic (exact) mass is 459 g/mol. The van der Waals surface area contributed by atoms with Gasteiger partial charge in [0.15, 0.2) is 0 Å². The molecule has 0 saturated carbocycles. The second-order valence-corrected chi connectivity index (χ2v) is 10.9. The van der Waals surface area contributed by atoms with Crippen molar-refractivity contribution in [1.82, 2.24) is 5.32 Å². The van der Waals surface area contributed by atoms with Gasteiger partial charge < -0.3 is 5.32 Å². The molecular weight excluding hydrogens is 426 g/mol. The number of amides is 1. The molecule has 32 heavy (non-hydrogen) atoms. The SMILES string of the molecule is C1CCNCC1.CC1=C/C(=C2/C(=O)N(c3ccc(S(=O)(=O)O)cc3)N=C2C)CC(C)(C)C1. The largest absolute Gasteiger partial charge is 0.317 e. The van der Waals surface area contributed by atoms with Crippen LogP contribution < -0.4 is 10.3 Å². The minimum absolute atomic E-state index is 0.0896. The molecular formula is C24H33N3O4S. The van der Waals surface area contributed by atoms with E-state index in [0.717, 1.165) is 18.4 Å². The third-order valence-electron chi connectivity index (χ3n) is 5.77. The molecule has 1 saturated heterocycles. The molecule has 0 atom stereocenters. The van der Waals surface area contributed by atoms with Crippen LogP contribution in [0.1, 0.15) is 59.8 Å². The second kappa shape index (κ2) is 9.68. The highest BCUT2D eigenvalue weighted by Crippen LogP contribution is 2.40. The summed E-state index contributed by atoms with van der Waals surface area (Å²) >= 11 is 0. The number of anilines is 1. The van der Waals surface area contributed by atoms with E-state index in [-0.39, 0.29) is 16.2 Å². The Morgan fingerprint density at radius 2 is 1.66 bits per heavy atom. The van der Waals surface area contributed by atoms with Crippen molar-refractivity contribution in [2.24, 2.45) is 10.5 Å². The molecule has 1 amide bonds. The molecule has 1 aliphatic carbocycles. The summed E-state index contributed by atoms with van der Waals surface area (Å²) in [6.07, 6.45) is 8.08. The minimum atomic E-state index is -4.27. The highest BCUT2D eigenvalue weighted by Gasteiger charge is 2.34. The number of hydrogen-bond donors (Lipinski definition) is 2. The van der Waals surface area contributed by atoms with E-state index < -0.39 is 10.1 Å². The molecule has 0 bridgehead atoms. The van der Waals surface area contributed by atoms with Crippen molar-refractivity contribution in [2.45, 2.75) is 64.7 Å². The maximum Gasteiger partial charge on any atom is 0.294 e. The average molecular weight is 460 g/mol. The van der Waals surface area contributed by atoms with Crippen LogP contribution in [0.3, 0.4) is 0 Å². The third kappa shape index (κ3) is 5.94. The minimum Gasteiger partial charge on any atom is -0.317 e. The van der Waals surface area contributed by atoms with Gasteiger partial charge in [-0.25, -0.2) is 0 Å². The summed E-state index contributed by atoms with van der Waals surface area (Å²) < 4.78 is 31.4. The standard InChI is InChI=1S/C19H22N2O4S.C5H11N/c1-12-9-14(11-19(3,4)10-12)17-13(2)20-21(18(17)22)15-5-7-16(8-6-15)26(23,24)25;1-2-4-6-5-3-1/h5-9H,10-11H2,1-4H3,(H,23,24,25);6H,1-5H2/b17-14-;. The van der Waals surface area contributed by atoms with Crippen LogP contribution in [0.2, 0.25) is 0 Å². The van der Waals surface area contributed by atoms with Gasteiger partial charge in [0, 0.05) is 0 Å². The Morgan fingerprint density at radius 3 is 2.12 bits per heavy atom. The first-order valence-corrected chi connectivity index (χ1v) is 12.5. The first-order chi connectivity index (χ1) is 15.0. The Hall–Kier alpha value is -2.29. The third-order valence-corrected chi connectivity index (χ3v) is 6.64. The van der Waals surface area contributed by atoms with E-state index in [2.05, 4.69) is 37.3 Å². The van der Waals surface area contributed by atoms with E-state index in [4.69, 9.17) is 4.55 Å². The first kappa shape index (κ1) is 24.4. The predicted octanol–water partition coefficient (Wildman–Crippen LogP) is 4.48. The number of nitrogens with one attached hydrogen (secondary N) is 1. The predicted molar refractivity (Wildman–Crippen MR) is 127 cm³/mol. The number of rotatable bonds is 2. The zero-order valence-corrected chi connectivity index (χ0v) is 20.1. The van der Waals surface area contributed by atoms with Gasteiger partial charge in [-0.2, -0.15) is 18.5 Å². The lowest BCUT2D eigenvalue weighted by Gasteiger charge is -2.31. The summed E-state index contributed by atoms with van der Waals surface area (Å²) in [5.74, 6) is -0.223. The number of nitrogens with zero attached hydrogens (tertiary/aromatic N) is 2. The summed E-state index contributed by atoms with van der Waals surface area (Å²) in [4.78, 5) is 12.7. The van der Waals surface area contributed by atoms with E-state index in [1.54, 1.807) is 6.92 Å². The lowest BCUT2D eigenvalue weighted by Crippen LogP contribution is -2.24. The highest BCUT2D eigenvalue weighted by molar-refractivity contribution is 7.85. The van der Waals surface area contributed by atoms with Gasteiger partial charge >= 0.3 is 0 Å². The van der Waals surface area contributed by atoms with Crippen LogP contribution in [0.4, 0.5) is 5.69 Å². The zero-order valence-electron chi connectivity index (χ0n) is 19.3. The number of carbonyl (C=O) groups excluding carboxylic acids is 1. The molecule has 2 aliphatic heterocycles. The second-order valence-electron chi connectivity index (χ2n) is 9.49. The van der Waals surface area contributed by atoms with Gasteiger partial charge in [-0.15, -0.1) is 0 Å². The number of hydrogen-bond acceptors (Lipinski definition) is 5. The number of benzene rings is 1. The van der Waals surface area contributed by atoms with Crippen LogP contribution >= 0.6 is 0 Å². The topological polar surface area (TPSA) is 99.1 Å². The molecule has 174 valence electrons. The van der Waals surface area contributed by atoms with E-state index in [0.29, 0.717) is 17.0 Å². The maximum absolute atomic E-state index is 13.0. The van der Waals surface area contributed by atoms with Crippen molar-refractivity contribution < 1.29 is 17.8 Å². The van der Waals surface area contributed by atoms with Crippen LogP contribution in [0.15, 0.2) is 57.1 Å². The first-order valence-electron chi connectivity index (χ1n) is 11.1. The Bertz CT molecular complexity index is 1050. The van der Waals surface area contributed by atoms with Crippen molar-refractivity contribution in [3.05, 3.63) is 47.1 Å². The smallest absolute Gasteiger partial charge is 0.294 e. The molecule has 1 aromatic rings. The summed E-state index contributed by atoms with van der Waals surface area (Å²) in [5.41, 5.74) is 4.02. The fourth-order valence-corrected chi connectivity index (χ4v) is 4.98. The van der Waals surface area contributed by atoms with Crippen molar-refractivity contribution in [2.75, 3.05) is 18.1 Å². The average Bonchev–Trinajstić information content (AvgIpc) is 3.02. The summed E-state index contributed by atoms with van der Waals surface area (Å²) in [6, 6.07) is 5.41. The Kier molecular flexibility index (Phi) is 7.37. The van der Waals surface area contributed by atoms with E-state index >= 15 is 0 Å². The van der Waals surface area contributed by atoms with E-state index in [1.165, 1.54) is 67.2 Å². The van der Waals surface area contributed by atoms with Gasteiger partial charge in [-0.05, 0) is 87.9 Å². The van der Waals surface area contributed by atoms with Gasteiger partial charge in [0.25, 0.3) is 16.0 Å². The van der Waals surface area contributed by atoms with Crippen molar-refractivity contribution in [3.8, 4) is 0 Å². The molecule has 1 fully saturated rings.